The fraction of sp³-hybridized carbons (Fsp3) is 0.406. The van der Waals surface area contributed by atoms with E-state index < -0.39 is 0 Å². The Labute approximate surface area is 215 Å². The van der Waals surface area contributed by atoms with Crippen molar-refractivity contribution in [3.63, 3.8) is 0 Å². The molecule has 1 aliphatic heterocycles. The Morgan fingerprint density at radius 1 is 0.889 bits per heavy atom. The van der Waals surface area contributed by atoms with Crippen LogP contribution in [-0.2, 0) is 17.9 Å². The van der Waals surface area contributed by atoms with Crippen LogP contribution in [-0.4, -0.2) is 42.5 Å². The fourth-order valence-electron chi connectivity index (χ4n) is 6.12. The van der Waals surface area contributed by atoms with Gasteiger partial charge in [-0.2, -0.15) is 0 Å². The van der Waals surface area contributed by atoms with E-state index in [0.717, 1.165) is 44.8 Å². The summed E-state index contributed by atoms with van der Waals surface area (Å²) in [6.07, 6.45) is 4.43. The minimum Gasteiger partial charge on any atom is -0.497 e. The third kappa shape index (κ3) is 5.99. The fourth-order valence-corrected chi connectivity index (χ4v) is 6.12. The molecule has 2 atom stereocenters. The Kier molecular flexibility index (Phi) is 8.02. The summed E-state index contributed by atoms with van der Waals surface area (Å²) in [6, 6.07) is 29.7. The summed E-state index contributed by atoms with van der Waals surface area (Å²) in [6.45, 7) is 4.39. The van der Waals surface area contributed by atoms with Gasteiger partial charge in [0.15, 0.2) is 0 Å². The second-order valence-electron chi connectivity index (χ2n) is 10.5. The normalized spacial score (nSPS) is 20.5. The Morgan fingerprint density at radius 2 is 1.58 bits per heavy atom. The topological polar surface area (TPSA) is 32.8 Å². The lowest BCUT2D eigenvalue weighted by atomic mass is 9.88. The van der Waals surface area contributed by atoms with Gasteiger partial charge in [-0.15, -0.1) is 0 Å². The van der Waals surface area contributed by atoms with Crippen molar-refractivity contribution in [2.45, 2.75) is 44.7 Å². The van der Waals surface area contributed by atoms with Crippen LogP contribution in [0.25, 0.3) is 0 Å². The molecule has 5 rings (SSSR count). The number of rotatable bonds is 9. The minimum atomic E-state index is 0.186. The molecule has 3 aromatic rings. The summed E-state index contributed by atoms with van der Waals surface area (Å²) in [5.41, 5.74) is 3.86. The second kappa shape index (κ2) is 11.7. The highest BCUT2D eigenvalue weighted by atomic mass is 16.5. The van der Waals surface area contributed by atoms with Crippen molar-refractivity contribution >= 4 is 5.91 Å². The average molecular weight is 483 g/mol. The lowest BCUT2D eigenvalue weighted by molar-refractivity contribution is -0.136. The van der Waals surface area contributed by atoms with Gasteiger partial charge < -0.3 is 9.64 Å². The van der Waals surface area contributed by atoms with Gasteiger partial charge in [0.05, 0.1) is 7.11 Å². The molecule has 0 aromatic heterocycles. The summed E-state index contributed by atoms with van der Waals surface area (Å²) in [5, 5.41) is 0. The van der Waals surface area contributed by atoms with Crippen molar-refractivity contribution in [3.05, 3.63) is 102 Å². The maximum Gasteiger partial charge on any atom is 0.225 e. The minimum absolute atomic E-state index is 0.186. The number of methoxy groups -OCH3 is 1. The first-order valence-electron chi connectivity index (χ1n) is 13.4. The van der Waals surface area contributed by atoms with Crippen LogP contribution in [0.2, 0.25) is 0 Å². The molecular formula is C32H38N2O2. The zero-order chi connectivity index (χ0) is 24.7. The molecule has 1 heterocycles. The SMILES string of the molecule is COc1cccc(C2CN(Cc3ccccc3)CC2CN(Cc2ccccc2)C(=O)C2CCCC2)c1. The summed E-state index contributed by atoms with van der Waals surface area (Å²) in [4.78, 5) is 18.5. The number of likely N-dealkylation sites (tertiary alicyclic amines) is 1. The molecule has 2 aliphatic rings. The van der Waals surface area contributed by atoms with E-state index in [4.69, 9.17) is 4.74 Å². The van der Waals surface area contributed by atoms with E-state index in [2.05, 4.69) is 82.6 Å². The molecule has 2 unspecified atom stereocenters. The van der Waals surface area contributed by atoms with Crippen LogP contribution in [0.3, 0.4) is 0 Å². The number of carbonyl (C=O) groups excluding carboxylic acids is 1. The van der Waals surface area contributed by atoms with Gasteiger partial charge in [-0.25, -0.2) is 0 Å². The summed E-state index contributed by atoms with van der Waals surface area (Å²) >= 11 is 0. The molecular weight excluding hydrogens is 444 g/mol. The van der Waals surface area contributed by atoms with Crippen molar-refractivity contribution < 1.29 is 9.53 Å². The first-order chi connectivity index (χ1) is 17.7. The molecule has 4 nitrogen and oxygen atoms in total. The van der Waals surface area contributed by atoms with E-state index in [1.165, 1.54) is 29.5 Å². The Balaban J connectivity index is 1.40. The number of amides is 1. The third-order valence-corrected chi connectivity index (χ3v) is 7.97. The molecule has 188 valence electrons. The Morgan fingerprint density at radius 3 is 2.28 bits per heavy atom. The second-order valence-corrected chi connectivity index (χ2v) is 10.5. The standard InChI is InChI=1S/C32H38N2O2/c1-36-30-18-10-17-28(19-30)31-24-33(20-25-11-4-2-5-12-25)22-29(31)23-34(21-26-13-6-3-7-14-26)32(35)27-15-8-9-16-27/h2-7,10-14,17-19,27,29,31H,8-9,15-16,20-24H2,1H3. The summed E-state index contributed by atoms with van der Waals surface area (Å²) in [7, 11) is 1.73. The van der Waals surface area contributed by atoms with Crippen LogP contribution in [0.4, 0.5) is 0 Å². The van der Waals surface area contributed by atoms with Gasteiger partial charge in [0.25, 0.3) is 0 Å². The third-order valence-electron chi connectivity index (χ3n) is 7.97. The van der Waals surface area contributed by atoms with Gasteiger partial charge in [-0.3, -0.25) is 9.69 Å². The van der Waals surface area contributed by atoms with E-state index in [1.807, 2.05) is 12.1 Å². The lowest BCUT2D eigenvalue weighted by Crippen LogP contribution is -2.40. The summed E-state index contributed by atoms with van der Waals surface area (Å²) in [5.74, 6) is 2.16. The van der Waals surface area contributed by atoms with E-state index in [9.17, 15) is 4.79 Å². The molecule has 1 saturated carbocycles. The first-order valence-corrected chi connectivity index (χ1v) is 13.4. The molecule has 0 bridgehead atoms. The monoisotopic (exact) mass is 482 g/mol. The Bertz CT molecular complexity index is 1110. The predicted octanol–water partition coefficient (Wildman–Crippen LogP) is 6.13. The average Bonchev–Trinajstić information content (AvgIpc) is 3.60. The number of benzene rings is 3. The van der Waals surface area contributed by atoms with Crippen LogP contribution < -0.4 is 4.74 Å². The number of carbonyl (C=O) groups is 1. The molecule has 2 fully saturated rings. The molecule has 1 aliphatic carbocycles. The van der Waals surface area contributed by atoms with Crippen molar-refractivity contribution in [1.29, 1.82) is 0 Å². The van der Waals surface area contributed by atoms with E-state index in [1.54, 1.807) is 7.11 Å². The molecule has 1 saturated heterocycles. The highest BCUT2D eigenvalue weighted by Gasteiger charge is 2.37. The maximum absolute atomic E-state index is 13.7. The van der Waals surface area contributed by atoms with E-state index in [0.29, 0.717) is 24.3 Å². The largest absolute Gasteiger partial charge is 0.497 e. The van der Waals surface area contributed by atoms with Crippen LogP contribution >= 0.6 is 0 Å². The van der Waals surface area contributed by atoms with Crippen molar-refractivity contribution in [2.24, 2.45) is 11.8 Å². The molecule has 0 spiro atoms. The predicted molar refractivity (Wildman–Crippen MR) is 145 cm³/mol. The van der Waals surface area contributed by atoms with Gasteiger partial charge in [0.2, 0.25) is 5.91 Å². The quantitative estimate of drug-likeness (QED) is 0.368. The number of ether oxygens (including phenoxy) is 1. The van der Waals surface area contributed by atoms with Gasteiger partial charge in [0, 0.05) is 44.6 Å². The van der Waals surface area contributed by atoms with Gasteiger partial charge in [-0.05, 0) is 47.6 Å². The molecule has 3 aromatic carbocycles. The maximum atomic E-state index is 13.7. The number of hydrogen-bond donors (Lipinski definition) is 0. The highest BCUT2D eigenvalue weighted by Crippen LogP contribution is 2.36. The van der Waals surface area contributed by atoms with Crippen molar-refractivity contribution in [1.82, 2.24) is 9.80 Å². The highest BCUT2D eigenvalue weighted by molar-refractivity contribution is 5.79. The summed E-state index contributed by atoms with van der Waals surface area (Å²) < 4.78 is 5.56. The van der Waals surface area contributed by atoms with Gasteiger partial charge in [-0.1, -0.05) is 85.6 Å². The smallest absolute Gasteiger partial charge is 0.225 e. The molecule has 0 radical (unpaired) electrons. The zero-order valence-corrected chi connectivity index (χ0v) is 21.4. The van der Waals surface area contributed by atoms with Gasteiger partial charge in [0.1, 0.15) is 5.75 Å². The van der Waals surface area contributed by atoms with Crippen LogP contribution in [0.1, 0.15) is 48.3 Å². The molecule has 36 heavy (non-hydrogen) atoms. The number of hydrogen-bond acceptors (Lipinski definition) is 3. The molecule has 0 N–H and O–H groups in total. The lowest BCUT2D eigenvalue weighted by Gasteiger charge is -2.31. The zero-order valence-electron chi connectivity index (χ0n) is 21.4. The first kappa shape index (κ1) is 24.6. The Hall–Kier alpha value is -3.11. The molecule has 1 amide bonds. The van der Waals surface area contributed by atoms with Crippen LogP contribution in [0.15, 0.2) is 84.9 Å². The van der Waals surface area contributed by atoms with Crippen molar-refractivity contribution in [2.75, 3.05) is 26.7 Å². The van der Waals surface area contributed by atoms with E-state index in [-0.39, 0.29) is 5.92 Å². The van der Waals surface area contributed by atoms with Gasteiger partial charge >= 0.3 is 0 Å². The van der Waals surface area contributed by atoms with Crippen molar-refractivity contribution in [3.8, 4) is 5.75 Å². The molecule has 4 heteroatoms. The van der Waals surface area contributed by atoms with E-state index >= 15 is 0 Å². The van der Waals surface area contributed by atoms with Crippen LogP contribution in [0.5, 0.6) is 5.75 Å². The number of nitrogens with zero attached hydrogens (tertiary/aromatic N) is 2. The van der Waals surface area contributed by atoms with Crippen LogP contribution in [0, 0.1) is 11.8 Å².